The van der Waals surface area contributed by atoms with E-state index in [-0.39, 0.29) is 34.1 Å². The number of hydrogen-bond donors (Lipinski definition) is 4. The maximum Gasteiger partial charge on any atom is 0.248 e. The van der Waals surface area contributed by atoms with E-state index in [9.17, 15) is 14.0 Å². The third-order valence-electron chi connectivity index (χ3n) is 2.58. The van der Waals surface area contributed by atoms with Gasteiger partial charge >= 0.3 is 0 Å². The summed E-state index contributed by atoms with van der Waals surface area (Å²) in [4.78, 5) is 27.2. The van der Waals surface area contributed by atoms with Gasteiger partial charge in [0, 0.05) is 11.6 Å². The number of hydrazine groups is 1. The maximum atomic E-state index is 13.4. The molecule has 11 heteroatoms. The zero-order valence-electron chi connectivity index (χ0n) is 12.7. The number of para-hydroxylation sites is 1. The molecule has 0 radical (unpaired) electrons. The SMILES string of the molecule is O=C(CSCC(=O)Nc1nccs1)NNC(=S)Nc1ccccc1F. The van der Waals surface area contributed by atoms with Crippen LogP contribution in [0.1, 0.15) is 0 Å². The maximum absolute atomic E-state index is 13.4. The highest BCUT2D eigenvalue weighted by Gasteiger charge is 2.08. The number of anilines is 2. The van der Waals surface area contributed by atoms with Gasteiger partial charge in [-0.05, 0) is 24.4 Å². The molecular formula is C14H14FN5O2S3. The van der Waals surface area contributed by atoms with E-state index < -0.39 is 5.82 Å². The number of nitrogens with one attached hydrogen (secondary N) is 4. The van der Waals surface area contributed by atoms with E-state index >= 15 is 0 Å². The predicted octanol–water partition coefficient (Wildman–Crippen LogP) is 1.97. The number of carbonyl (C=O) groups is 2. The van der Waals surface area contributed by atoms with Crippen LogP contribution in [-0.2, 0) is 9.59 Å². The average Bonchev–Trinajstić information content (AvgIpc) is 3.08. The Morgan fingerprint density at radius 2 is 1.92 bits per heavy atom. The summed E-state index contributed by atoms with van der Waals surface area (Å²) in [7, 11) is 0. The number of thiocarbonyl (C=S) groups is 1. The highest BCUT2D eigenvalue weighted by atomic mass is 32.2. The van der Waals surface area contributed by atoms with Crippen molar-refractivity contribution in [3.8, 4) is 0 Å². The van der Waals surface area contributed by atoms with Gasteiger partial charge in [0.15, 0.2) is 10.2 Å². The molecule has 0 aliphatic heterocycles. The van der Waals surface area contributed by atoms with E-state index in [4.69, 9.17) is 12.2 Å². The molecule has 0 bridgehead atoms. The number of hydrogen-bond acceptors (Lipinski definition) is 6. The van der Waals surface area contributed by atoms with E-state index in [0.717, 1.165) is 11.8 Å². The second kappa shape index (κ2) is 9.91. The zero-order valence-corrected chi connectivity index (χ0v) is 15.2. The Hall–Kier alpha value is -2.24. The van der Waals surface area contributed by atoms with Gasteiger partial charge in [0.2, 0.25) is 11.8 Å². The molecule has 2 aromatic rings. The number of thiazole rings is 1. The number of aromatic nitrogens is 1. The van der Waals surface area contributed by atoms with E-state index in [1.54, 1.807) is 23.7 Å². The molecule has 0 aliphatic rings. The van der Waals surface area contributed by atoms with Gasteiger partial charge in [0.05, 0.1) is 17.2 Å². The van der Waals surface area contributed by atoms with Crippen molar-refractivity contribution in [2.24, 2.45) is 0 Å². The van der Waals surface area contributed by atoms with Gasteiger partial charge in [0.25, 0.3) is 0 Å². The largest absolute Gasteiger partial charge is 0.329 e. The van der Waals surface area contributed by atoms with E-state index in [0.29, 0.717) is 5.13 Å². The molecule has 2 rings (SSSR count). The first-order valence-corrected chi connectivity index (χ1v) is 9.36. The zero-order chi connectivity index (χ0) is 18.1. The number of amides is 2. The van der Waals surface area contributed by atoms with Gasteiger partial charge in [-0.1, -0.05) is 12.1 Å². The molecule has 0 unspecified atom stereocenters. The summed E-state index contributed by atoms with van der Waals surface area (Å²) >= 11 is 7.41. The number of halogens is 1. The molecule has 0 spiro atoms. The Morgan fingerprint density at radius 1 is 1.16 bits per heavy atom. The first-order chi connectivity index (χ1) is 12.0. The van der Waals surface area contributed by atoms with Crippen LogP contribution in [0.25, 0.3) is 0 Å². The third-order valence-corrected chi connectivity index (χ3v) is 4.41. The summed E-state index contributed by atoms with van der Waals surface area (Å²) in [5, 5.41) is 7.54. The van der Waals surface area contributed by atoms with Crippen LogP contribution in [0.15, 0.2) is 35.8 Å². The summed E-state index contributed by atoms with van der Waals surface area (Å²) in [6.45, 7) is 0. The minimum Gasteiger partial charge on any atom is -0.329 e. The number of nitrogens with zero attached hydrogens (tertiary/aromatic N) is 1. The molecule has 132 valence electrons. The highest BCUT2D eigenvalue weighted by molar-refractivity contribution is 8.00. The summed E-state index contributed by atoms with van der Waals surface area (Å²) in [6.07, 6.45) is 1.59. The smallest absolute Gasteiger partial charge is 0.248 e. The van der Waals surface area contributed by atoms with Crippen LogP contribution >= 0.6 is 35.3 Å². The van der Waals surface area contributed by atoms with Crippen molar-refractivity contribution >= 4 is 63.1 Å². The topological polar surface area (TPSA) is 95.2 Å². The van der Waals surface area contributed by atoms with E-state index in [2.05, 4.69) is 26.5 Å². The second-order valence-corrected chi connectivity index (χ2v) is 6.77. The molecule has 1 aromatic heterocycles. The minimum atomic E-state index is -0.459. The van der Waals surface area contributed by atoms with Gasteiger partial charge in [-0.2, -0.15) is 0 Å². The molecule has 0 saturated carbocycles. The molecule has 7 nitrogen and oxygen atoms in total. The lowest BCUT2D eigenvalue weighted by molar-refractivity contribution is -0.119. The number of rotatable bonds is 6. The van der Waals surface area contributed by atoms with Crippen molar-refractivity contribution in [1.29, 1.82) is 0 Å². The van der Waals surface area contributed by atoms with Crippen molar-refractivity contribution in [2.75, 3.05) is 22.1 Å². The number of thioether (sulfide) groups is 1. The molecule has 0 aliphatic carbocycles. The predicted molar refractivity (Wildman–Crippen MR) is 102 cm³/mol. The van der Waals surface area contributed by atoms with Crippen LogP contribution in [0, 0.1) is 5.82 Å². The molecule has 1 heterocycles. The standard InChI is InChI=1S/C14H14FN5O2S3/c15-9-3-1-2-4-10(9)17-13(23)20-19-12(22)8-24-7-11(21)18-14-16-5-6-25-14/h1-6H,7-8H2,(H,19,22)(H,16,18,21)(H2,17,20,23). The van der Waals surface area contributed by atoms with Crippen LogP contribution in [0.3, 0.4) is 0 Å². The van der Waals surface area contributed by atoms with Crippen LogP contribution in [0.2, 0.25) is 0 Å². The molecule has 2 amide bonds. The molecule has 4 N–H and O–H groups in total. The summed E-state index contributed by atoms with van der Waals surface area (Å²) in [5.41, 5.74) is 5.02. The lowest BCUT2D eigenvalue weighted by Gasteiger charge is -2.11. The van der Waals surface area contributed by atoms with Gasteiger partial charge < -0.3 is 10.6 Å². The second-order valence-electron chi connectivity index (χ2n) is 4.49. The Kier molecular flexibility index (Phi) is 7.57. The van der Waals surface area contributed by atoms with Crippen molar-refractivity contribution in [2.45, 2.75) is 0 Å². The molecule has 0 fully saturated rings. The van der Waals surface area contributed by atoms with Gasteiger partial charge in [-0.3, -0.25) is 20.4 Å². The Labute approximate surface area is 156 Å². The fraction of sp³-hybridized carbons (Fsp3) is 0.143. The molecule has 0 saturated heterocycles. The van der Waals surface area contributed by atoms with Crippen LogP contribution in [-0.4, -0.2) is 33.4 Å². The summed E-state index contributed by atoms with van der Waals surface area (Å²) in [6, 6.07) is 6.01. The van der Waals surface area contributed by atoms with Gasteiger partial charge in [0.1, 0.15) is 5.82 Å². The van der Waals surface area contributed by atoms with E-state index in [1.807, 2.05) is 0 Å². The quantitative estimate of drug-likeness (QED) is 0.436. The van der Waals surface area contributed by atoms with Crippen molar-refractivity contribution in [3.63, 3.8) is 0 Å². The fourth-order valence-corrected chi connectivity index (χ4v) is 2.88. The number of benzene rings is 1. The van der Waals surface area contributed by atoms with E-state index in [1.165, 1.54) is 23.5 Å². The Morgan fingerprint density at radius 3 is 2.64 bits per heavy atom. The summed E-state index contributed by atoms with van der Waals surface area (Å²) < 4.78 is 13.4. The van der Waals surface area contributed by atoms with Gasteiger partial charge in [-0.25, -0.2) is 9.37 Å². The first-order valence-electron chi connectivity index (χ1n) is 6.92. The van der Waals surface area contributed by atoms with Crippen LogP contribution < -0.4 is 21.5 Å². The normalized spacial score (nSPS) is 9.96. The lowest BCUT2D eigenvalue weighted by Crippen LogP contribution is -2.44. The molecular weight excluding hydrogens is 385 g/mol. The Bertz CT molecular complexity index is 742. The van der Waals surface area contributed by atoms with Crippen LogP contribution in [0.5, 0.6) is 0 Å². The highest BCUT2D eigenvalue weighted by Crippen LogP contribution is 2.12. The van der Waals surface area contributed by atoms with Crippen molar-refractivity contribution in [3.05, 3.63) is 41.7 Å². The molecule has 0 atom stereocenters. The molecule has 1 aromatic carbocycles. The summed E-state index contributed by atoms with van der Waals surface area (Å²) in [5.74, 6) is -0.895. The monoisotopic (exact) mass is 399 g/mol. The van der Waals surface area contributed by atoms with Crippen molar-refractivity contribution < 1.29 is 14.0 Å². The third kappa shape index (κ3) is 7.03. The molecule has 25 heavy (non-hydrogen) atoms. The van der Waals surface area contributed by atoms with Crippen LogP contribution in [0.4, 0.5) is 15.2 Å². The minimum absolute atomic E-state index is 0.0463. The van der Waals surface area contributed by atoms with Crippen molar-refractivity contribution in [1.82, 2.24) is 15.8 Å². The average molecular weight is 399 g/mol. The lowest BCUT2D eigenvalue weighted by atomic mass is 10.3. The Balaban J connectivity index is 1.61. The first kappa shape index (κ1) is 19.1. The number of carbonyl (C=O) groups excluding carboxylic acids is 2. The fourth-order valence-electron chi connectivity index (χ4n) is 1.56. The van der Waals surface area contributed by atoms with Gasteiger partial charge in [-0.15, -0.1) is 23.1 Å².